The number of carbonyl (C=O) groups is 1. The van der Waals surface area contributed by atoms with Crippen molar-refractivity contribution < 1.29 is 21.7 Å². The first-order valence-electron chi connectivity index (χ1n) is 11.0. The third-order valence-electron chi connectivity index (χ3n) is 5.14. The fourth-order valence-corrected chi connectivity index (χ4v) is 5.36. The Kier molecular flexibility index (Phi) is 8.88. The van der Waals surface area contributed by atoms with E-state index in [1.165, 1.54) is 17.4 Å². The zero-order chi connectivity index (χ0) is 25.7. The van der Waals surface area contributed by atoms with E-state index < -0.39 is 11.8 Å². The number of nitrogens with zero attached hydrogens (tertiary/aromatic N) is 2. The van der Waals surface area contributed by atoms with E-state index in [1.54, 1.807) is 65.8 Å². The van der Waals surface area contributed by atoms with E-state index in [0.717, 1.165) is 15.3 Å². The highest BCUT2D eigenvalue weighted by Gasteiger charge is 2.21. The van der Waals surface area contributed by atoms with Crippen LogP contribution in [0.15, 0.2) is 48.0 Å². The van der Waals surface area contributed by atoms with Gasteiger partial charge in [0.2, 0.25) is 0 Å². The van der Waals surface area contributed by atoms with Crippen LogP contribution in [0, 0.1) is 5.82 Å². The molecule has 4 aromatic rings. The average molecular weight is 640 g/mol. The topological polar surface area (TPSA) is 82.6 Å². The molecule has 7 nitrogen and oxygen atoms in total. The summed E-state index contributed by atoms with van der Waals surface area (Å²) in [6.07, 6.45) is 1.70. The Hall–Kier alpha value is -2.61. The molecule has 0 aliphatic rings. The van der Waals surface area contributed by atoms with Crippen molar-refractivity contribution in [1.82, 2.24) is 9.97 Å². The van der Waals surface area contributed by atoms with Gasteiger partial charge in [0.1, 0.15) is 18.0 Å². The van der Waals surface area contributed by atoms with Crippen LogP contribution in [0.4, 0.5) is 15.3 Å². The van der Waals surface area contributed by atoms with Crippen LogP contribution in [0.2, 0.25) is 0 Å². The Balaban J connectivity index is 1.66. The van der Waals surface area contributed by atoms with Crippen LogP contribution in [-0.4, -0.2) is 36.3 Å². The molecule has 1 aromatic carbocycles. The molecule has 0 spiro atoms. The number of nitrogens with one attached hydrogen (secondary N) is 1. The molecule has 0 radical (unpaired) electrons. The van der Waals surface area contributed by atoms with Gasteiger partial charge >= 0.3 is 5.97 Å². The van der Waals surface area contributed by atoms with Gasteiger partial charge in [-0.15, -0.1) is 22.7 Å². The highest BCUT2D eigenvalue weighted by molar-refractivity contribution is 14.1. The van der Waals surface area contributed by atoms with Crippen LogP contribution >= 0.6 is 45.7 Å². The van der Waals surface area contributed by atoms with E-state index in [0.29, 0.717) is 34.4 Å². The lowest BCUT2D eigenvalue weighted by Crippen LogP contribution is -2.06. The van der Waals surface area contributed by atoms with E-state index in [1.807, 2.05) is 31.4 Å². The lowest BCUT2D eigenvalue weighted by atomic mass is 10.1. The summed E-state index contributed by atoms with van der Waals surface area (Å²) >= 11 is 4.55. The molecule has 0 amide bonds. The van der Waals surface area contributed by atoms with Crippen LogP contribution in [0.25, 0.3) is 21.7 Å². The number of thiophene rings is 1. The molecule has 0 saturated heterocycles. The number of hydrogen-bond donors (Lipinski definition) is 1. The number of ether oxygens (including phenoxy) is 2. The predicted molar refractivity (Wildman–Crippen MR) is 149 cm³/mol. The first-order chi connectivity index (χ1) is 17.4. The Morgan fingerprint density at radius 1 is 1.19 bits per heavy atom. The van der Waals surface area contributed by atoms with Crippen molar-refractivity contribution in [3.8, 4) is 27.4 Å². The van der Waals surface area contributed by atoms with Crippen molar-refractivity contribution in [3.63, 3.8) is 0 Å². The van der Waals surface area contributed by atoms with E-state index in [2.05, 4.69) is 10.3 Å². The lowest BCUT2D eigenvalue weighted by Gasteiger charge is -2.09. The number of pyridine rings is 1. The molecule has 0 unspecified atom stereocenters. The molecule has 1 N–H and O–H groups in total. The van der Waals surface area contributed by atoms with Crippen molar-refractivity contribution in [3.05, 3.63) is 64.2 Å². The number of methoxy groups -OCH3 is 1. The minimum atomic E-state index is -0.518. The highest BCUT2D eigenvalue weighted by atomic mass is 127. The fraction of sp³-hybridized carbons (Fsp3) is 0.240. The molecule has 188 valence electrons. The van der Waals surface area contributed by atoms with Crippen molar-refractivity contribution in [2.75, 3.05) is 25.6 Å². The van der Waals surface area contributed by atoms with Gasteiger partial charge in [-0.1, -0.05) is 19.9 Å². The summed E-state index contributed by atoms with van der Waals surface area (Å²) in [5.41, 5.74) is 2.40. The van der Waals surface area contributed by atoms with Crippen molar-refractivity contribution in [2.45, 2.75) is 19.8 Å². The largest absolute Gasteiger partial charge is 0.488 e. The van der Waals surface area contributed by atoms with Crippen molar-refractivity contribution in [2.24, 2.45) is 0 Å². The number of benzene rings is 1. The first-order valence-corrected chi connectivity index (χ1v) is 13.5. The van der Waals surface area contributed by atoms with Gasteiger partial charge in [0.15, 0.2) is 39.7 Å². The van der Waals surface area contributed by atoms with Gasteiger partial charge in [-0.25, -0.2) is 19.2 Å². The molecule has 0 bridgehead atoms. The second-order valence-corrected chi connectivity index (χ2v) is 10.4. The lowest BCUT2D eigenvalue weighted by molar-refractivity contribution is 0.0801. The number of rotatable bonds is 10. The monoisotopic (exact) mass is 639 g/mol. The minimum Gasteiger partial charge on any atom is -0.488 e. The normalized spacial score (nSPS) is 11.1. The first kappa shape index (κ1) is 26.5. The van der Waals surface area contributed by atoms with E-state index in [-0.39, 0.29) is 18.3 Å². The summed E-state index contributed by atoms with van der Waals surface area (Å²) in [5.74, 6) is -0.357. The maximum Gasteiger partial charge on any atom is 0.351 e. The molecule has 3 heterocycles. The van der Waals surface area contributed by atoms with Gasteiger partial charge in [0.05, 0.1) is 12.3 Å². The third-order valence-corrected chi connectivity index (χ3v) is 7.73. The molecule has 3 aromatic heterocycles. The summed E-state index contributed by atoms with van der Waals surface area (Å²) < 4.78 is 30.1. The maximum absolute atomic E-state index is 14.7. The Bertz CT molecular complexity index is 1350. The van der Waals surface area contributed by atoms with Crippen LogP contribution in [0.3, 0.4) is 0 Å². The van der Waals surface area contributed by atoms with Gasteiger partial charge in [0.25, 0.3) is 0 Å². The molecule has 0 saturated carbocycles. The molecule has 0 aliphatic heterocycles. The van der Waals surface area contributed by atoms with Crippen molar-refractivity contribution >= 4 is 62.6 Å². The molecule has 0 atom stereocenters. The Labute approximate surface area is 230 Å². The highest BCUT2D eigenvalue weighted by Crippen LogP contribution is 2.39. The van der Waals surface area contributed by atoms with Gasteiger partial charge in [-0.2, -0.15) is 0 Å². The van der Waals surface area contributed by atoms with E-state index >= 15 is 0 Å². The second kappa shape index (κ2) is 12.1. The van der Waals surface area contributed by atoms with Crippen LogP contribution in [0.1, 0.15) is 35.0 Å². The number of carbonyl (C=O) groups excluding carboxylic acids is 1. The Morgan fingerprint density at radius 3 is 2.69 bits per heavy atom. The number of hydrogen-bond acceptors (Lipinski definition) is 9. The molecular formula is C25H23FIN3O4S2. The number of halogens is 2. The minimum absolute atomic E-state index is 0.140. The van der Waals surface area contributed by atoms with E-state index in [4.69, 9.17) is 17.5 Å². The Morgan fingerprint density at radius 2 is 2.03 bits per heavy atom. The van der Waals surface area contributed by atoms with Crippen LogP contribution < -0.4 is 10.1 Å². The average Bonchev–Trinajstić information content (AvgIpc) is 3.56. The third kappa shape index (κ3) is 6.02. The SMILES string of the molecule is COCCOc1ccc(-c2nc(Nc3ncc(-c4cccs4)cc3C(=O)OI)sc2C(C)C)cc1F. The zero-order valence-electron chi connectivity index (χ0n) is 19.7. The molecule has 4 rings (SSSR count). The summed E-state index contributed by atoms with van der Waals surface area (Å²) in [6.45, 7) is 4.73. The van der Waals surface area contributed by atoms with Crippen LogP contribution in [-0.2, 0) is 7.80 Å². The van der Waals surface area contributed by atoms with E-state index in [9.17, 15) is 9.18 Å². The number of thiazole rings is 1. The van der Waals surface area contributed by atoms with Gasteiger partial charge in [-0.3, -0.25) is 0 Å². The fourth-order valence-electron chi connectivity index (χ4n) is 3.42. The van der Waals surface area contributed by atoms with Gasteiger partial charge in [-0.05, 0) is 41.6 Å². The maximum atomic E-state index is 14.7. The summed E-state index contributed by atoms with van der Waals surface area (Å²) in [4.78, 5) is 23.7. The number of aromatic nitrogens is 2. The molecule has 11 heteroatoms. The summed E-state index contributed by atoms with van der Waals surface area (Å²) in [7, 11) is 1.56. The standard InChI is InChI=1S/C25H23FIN3O4S2/c1-14(2)22-21(15-6-7-19(18(26)12-15)33-9-8-32-3)29-25(36-22)30-23-17(24(31)34-27)11-16(13-28-23)20-5-4-10-35-20/h4-7,10-14H,8-9H2,1-3H3,(H,28,29,30). The van der Waals surface area contributed by atoms with Gasteiger partial charge < -0.3 is 17.9 Å². The molecular weight excluding hydrogens is 616 g/mol. The second-order valence-electron chi connectivity index (χ2n) is 7.96. The number of anilines is 2. The quantitative estimate of drug-likeness (QED) is 0.142. The zero-order valence-corrected chi connectivity index (χ0v) is 23.5. The molecule has 0 aliphatic carbocycles. The molecule has 36 heavy (non-hydrogen) atoms. The van der Waals surface area contributed by atoms with Crippen molar-refractivity contribution in [1.29, 1.82) is 0 Å². The van der Waals surface area contributed by atoms with Gasteiger partial charge in [0, 0.05) is 34.2 Å². The predicted octanol–water partition coefficient (Wildman–Crippen LogP) is 7.47. The summed E-state index contributed by atoms with van der Waals surface area (Å²) in [5, 5.41) is 5.67. The smallest absolute Gasteiger partial charge is 0.351 e. The summed E-state index contributed by atoms with van der Waals surface area (Å²) in [6, 6.07) is 10.4. The van der Waals surface area contributed by atoms with Crippen LogP contribution in [0.5, 0.6) is 5.75 Å². The molecule has 0 fully saturated rings.